The summed E-state index contributed by atoms with van der Waals surface area (Å²) in [5.41, 5.74) is 3.18. The third-order valence-electron chi connectivity index (χ3n) is 8.93. The van der Waals surface area contributed by atoms with E-state index < -0.39 is 30.0 Å². The van der Waals surface area contributed by atoms with Gasteiger partial charge in [0.2, 0.25) is 35.7 Å². The molecule has 65 heavy (non-hydrogen) atoms. The van der Waals surface area contributed by atoms with Gasteiger partial charge in [0.25, 0.3) is 20.2 Å². The van der Waals surface area contributed by atoms with Crippen molar-refractivity contribution >= 4 is 102 Å². The van der Waals surface area contributed by atoms with Crippen molar-refractivity contribution in [3.63, 3.8) is 0 Å². The predicted octanol–water partition coefficient (Wildman–Crippen LogP) is 6.30. The number of rotatable bonds is 16. The maximum absolute atomic E-state index is 12.7. The summed E-state index contributed by atoms with van der Waals surface area (Å²) in [5.74, 6) is 0.775. The largest absolute Gasteiger partial charge is 1.00 e. The fourth-order valence-electron chi connectivity index (χ4n) is 6.07. The van der Waals surface area contributed by atoms with E-state index in [-0.39, 0.29) is 89.2 Å². The van der Waals surface area contributed by atoms with Crippen molar-refractivity contribution in [2.75, 3.05) is 31.9 Å². The molecule has 0 aliphatic carbocycles. The zero-order chi connectivity index (χ0) is 44.5. The number of hydrogen-bond donors (Lipinski definition) is 8. The van der Waals surface area contributed by atoms with Gasteiger partial charge in [0.05, 0.1) is 0 Å². The summed E-state index contributed by atoms with van der Waals surface area (Å²) in [5, 5.41) is 18.4. The molecule has 2 heterocycles. The summed E-state index contributed by atoms with van der Waals surface area (Å²) < 4.78 is 71.6. The Hall–Kier alpha value is -7.30. The molecule has 322 valence electrons. The summed E-state index contributed by atoms with van der Waals surface area (Å²) >= 11 is 0. The summed E-state index contributed by atoms with van der Waals surface area (Å²) in [6.45, 7) is 0. The van der Waals surface area contributed by atoms with Crippen LogP contribution < -0.4 is 61.5 Å². The van der Waals surface area contributed by atoms with Crippen LogP contribution in [0.15, 0.2) is 168 Å². The minimum atomic E-state index is -4.85. The van der Waals surface area contributed by atoms with E-state index in [1.54, 1.807) is 0 Å². The molecule has 21 heteroatoms. The topological polar surface area (TPSA) is 258 Å². The molecule has 0 saturated heterocycles. The van der Waals surface area contributed by atoms with Crippen molar-refractivity contribution in [2.45, 2.75) is 9.79 Å². The van der Waals surface area contributed by atoms with E-state index in [1.807, 2.05) is 121 Å². The van der Waals surface area contributed by atoms with Crippen LogP contribution in [0.4, 0.5) is 69.8 Å². The normalized spacial score (nSPS) is 11.3. The second kappa shape index (κ2) is 20.5. The Labute approximate surface area is 397 Å². The van der Waals surface area contributed by atoms with Gasteiger partial charge in [0, 0.05) is 34.1 Å². The molecule has 8 N–H and O–H groups in total. The van der Waals surface area contributed by atoms with Crippen LogP contribution in [0, 0.1) is 0 Å². The van der Waals surface area contributed by atoms with Crippen LogP contribution >= 0.6 is 0 Å². The zero-order valence-electron chi connectivity index (χ0n) is 35.2. The van der Waals surface area contributed by atoms with Gasteiger partial charge in [-0.1, -0.05) is 97.1 Å². The third-order valence-corrected chi connectivity index (χ3v) is 10.7. The smallest absolute Gasteiger partial charge is 1.00 e. The Morgan fingerprint density at radius 1 is 0.354 bits per heavy atom. The summed E-state index contributed by atoms with van der Waals surface area (Å²) in [7, 11) is -9.71. The quantitative estimate of drug-likeness (QED) is 0.0301. The van der Waals surface area contributed by atoms with Crippen molar-refractivity contribution in [3.8, 4) is 0 Å². The molecule has 6 aromatic carbocycles. The van der Waals surface area contributed by atoms with Gasteiger partial charge in [0.1, 0.15) is 9.79 Å². The molecule has 8 aromatic rings. The van der Waals surface area contributed by atoms with E-state index in [9.17, 15) is 25.9 Å². The van der Waals surface area contributed by atoms with Gasteiger partial charge in [0.15, 0.2) is 0 Å². The number of aromatic nitrogens is 6. The molecule has 0 amide bonds. The van der Waals surface area contributed by atoms with Crippen molar-refractivity contribution in [1.82, 2.24) is 29.9 Å². The average molecular weight is 917 g/mol. The summed E-state index contributed by atoms with van der Waals surface area (Å²) in [6.07, 6.45) is 2.57. The SMILES string of the molecule is O=S(=O)(O)c1cc(Nc2nc(Nc3ccccc3)nc(Nc3ccccc3)n2)ccc1C=Cc1ccc(Nc2nc(Nc3ccccc3)nc(Nc3ccccc3)n2)cc1S(=O)(=O)O.[H-].[Na+]. The van der Waals surface area contributed by atoms with Crippen LogP contribution in [0.25, 0.3) is 12.2 Å². The Bertz CT molecular complexity index is 2850. The van der Waals surface area contributed by atoms with E-state index in [0.717, 1.165) is 0 Å². The molecule has 0 fully saturated rings. The molecule has 0 radical (unpaired) electrons. The Kier molecular flexibility index (Phi) is 14.4. The van der Waals surface area contributed by atoms with Gasteiger partial charge >= 0.3 is 29.6 Å². The second-order valence-electron chi connectivity index (χ2n) is 13.6. The first-order chi connectivity index (χ1) is 30.9. The molecule has 0 unspecified atom stereocenters. The minimum Gasteiger partial charge on any atom is -1.00 e. The molecule has 0 aliphatic rings. The maximum atomic E-state index is 12.7. The van der Waals surface area contributed by atoms with Crippen LogP contribution in [0.1, 0.15) is 12.6 Å². The molecule has 0 spiro atoms. The number of nitrogens with zero attached hydrogens (tertiary/aromatic N) is 6. The standard InChI is InChI=1S/C44H36N12O6S2.Na.H/c57-63(58,59)37-27-35(49-43-53-39(45-31-13-5-1-6-14-31)51-40(54-43)46-32-15-7-2-8-16-32)25-23-29(37)21-22-30-24-26-36(28-38(30)64(60,61)62)50-44-55-41(47-33-17-9-3-10-18-33)52-42(56-44)48-34-19-11-4-12-20-34;;/h1-28H,(H,57,58,59)(H,60,61,62)(H3,45,46,49,51,53,54)(H3,47,48,50,52,55,56);;/q;+1;-1. The first-order valence-corrected chi connectivity index (χ1v) is 22.0. The van der Waals surface area contributed by atoms with Crippen LogP contribution in [0.2, 0.25) is 0 Å². The van der Waals surface area contributed by atoms with E-state index in [2.05, 4.69) is 61.8 Å². The second-order valence-corrected chi connectivity index (χ2v) is 16.4. The monoisotopic (exact) mass is 916 g/mol. The van der Waals surface area contributed by atoms with E-state index in [0.29, 0.717) is 22.7 Å². The van der Waals surface area contributed by atoms with E-state index >= 15 is 0 Å². The number of benzene rings is 6. The van der Waals surface area contributed by atoms with Crippen LogP contribution in [-0.4, -0.2) is 55.8 Å². The van der Waals surface area contributed by atoms with Crippen LogP contribution in [0.5, 0.6) is 0 Å². The average Bonchev–Trinajstić information content (AvgIpc) is 3.27. The minimum absolute atomic E-state index is 0. The van der Waals surface area contributed by atoms with Gasteiger partial charge in [-0.3, -0.25) is 9.11 Å². The van der Waals surface area contributed by atoms with Crippen molar-refractivity contribution in [2.24, 2.45) is 0 Å². The molecule has 18 nitrogen and oxygen atoms in total. The maximum Gasteiger partial charge on any atom is 1.00 e. The van der Waals surface area contributed by atoms with Crippen LogP contribution in [0.3, 0.4) is 0 Å². The third kappa shape index (κ3) is 12.7. The Morgan fingerprint density at radius 2 is 0.585 bits per heavy atom. The van der Waals surface area contributed by atoms with Gasteiger partial charge in [-0.25, -0.2) is 0 Å². The molecule has 0 bridgehead atoms. The first kappa shape index (κ1) is 45.7. The molecule has 0 atom stereocenters. The summed E-state index contributed by atoms with van der Waals surface area (Å²) in [6, 6.07) is 45.0. The first-order valence-electron chi connectivity index (χ1n) is 19.2. The van der Waals surface area contributed by atoms with Gasteiger partial charge in [-0.05, 0) is 83.9 Å². The van der Waals surface area contributed by atoms with Crippen molar-refractivity contribution in [1.29, 1.82) is 0 Å². The Morgan fingerprint density at radius 3 is 0.815 bits per heavy atom. The fourth-order valence-corrected chi connectivity index (χ4v) is 7.49. The van der Waals surface area contributed by atoms with E-state index in [1.165, 1.54) is 48.6 Å². The van der Waals surface area contributed by atoms with Gasteiger partial charge < -0.3 is 33.3 Å². The Balaban J connectivity index is 0.00000360. The molecular weight excluding hydrogens is 880 g/mol. The molecular formula is C44H37N12NaO6S2. The summed E-state index contributed by atoms with van der Waals surface area (Å²) in [4.78, 5) is 25.7. The van der Waals surface area contributed by atoms with Gasteiger partial charge in [-0.2, -0.15) is 46.7 Å². The fraction of sp³-hybridized carbons (Fsp3) is 0. The zero-order valence-corrected chi connectivity index (χ0v) is 37.8. The number of hydrogen-bond acceptors (Lipinski definition) is 16. The van der Waals surface area contributed by atoms with Crippen molar-refractivity contribution < 1.29 is 56.9 Å². The molecule has 0 saturated carbocycles. The molecule has 0 aliphatic heterocycles. The molecule has 2 aromatic heterocycles. The predicted molar refractivity (Wildman–Crippen MR) is 248 cm³/mol. The van der Waals surface area contributed by atoms with Gasteiger partial charge in [-0.15, -0.1) is 0 Å². The number of para-hydroxylation sites is 4. The van der Waals surface area contributed by atoms with Crippen molar-refractivity contribution in [3.05, 3.63) is 169 Å². The number of nitrogens with one attached hydrogen (secondary N) is 6. The van der Waals surface area contributed by atoms with E-state index in [4.69, 9.17) is 0 Å². The number of anilines is 12. The van der Waals surface area contributed by atoms with Crippen LogP contribution in [-0.2, 0) is 20.2 Å². The molecule has 8 rings (SSSR count).